The maximum absolute atomic E-state index is 12.3. The molecule has 0 aliphatic heterocycles. The molecule has 2 N–H and O–H groups in total. The Balaban J connectivity index is 1.52. The summed E-state index contributed by atoms with van der Waals surface area (Å²) >= 11 is 0. The summed E-state index contributed by atoms with van der Waals surface area (Å²) in [5.41, 5.74) is 3.86. The molecule has 0 unspecified atom stereocenters. The highest BCUT2D eigenvalue weighted by molar-refractivity contribution is 5.92. The molecule has 132 valence electrons. The lowest BCUT2D eigenvalue weighted by atomic mass is 10.1. The van der Waals surface area contributed by atoms with Gasteiger partial charge in [0.05, 0.1) is 0 Å². The number of aromatic nitrogens is 2. The summed E-state index contributed by atoms with van der Waals surface area (Å²) in [6.07, 6.45) is 2.30. The highest BCUT2D eigenvalue weighted by atomic mass is 16.1. The van der Waals surface area contributed by atoms with Crippen molar-refractivity contribution in [1.82, 2.24) is 15.3 Å². The fourth-order valence-electron chi connectivity index (χ4n) is 2.54. The van der Waals surface area contributed by atoms with Crippen LogP contribution in [0.3, 0.4) is 0 Å². The van der Waals surface area contributed by atoms with E-state index in [1.807, 2.05) is 49.4 Å². The van der Waals surface area contributed by atoms with E-state index in [0.29, 0.717) is 18.1 Å². The Labute approximate surface area is 153 Å². The number of nitrogens with one attached hydrogen (secondary N) is 2. The van der Waals surface area contributed by atoms with Crippen LogP contribution in [0, 0.1) is 6.92 Å². The van der Waals surface area contributed by atoms with Gasteiger partial charge in [-0.3, -0.25) is 4.79 Å². The van der Waals surface area contributed by atoms with Gasteiger partial charge in [-0.25, -0.2) is 9.97 Å². The minimum Gasteiger partial charge on any atom is -0.370 e. The highest BCUT2D eigenvalue weighted by Gasteiger charge is 2.08. The van der Waals surface area contributed by atoms with E-state index in [0.717, 1.165) is 18.5 Å². The van der Waals surface area contributed by atoms with Gasteiger partial charge in [0.2, 0.25) is 0 Å². The third-order valence-electron chi connectivity index (χ3n) is 4.04. The van der Waals surface area contributed by atoms with E-state index in [9.17, 15) is 4.79 Å². The smallest absolute Gasteiger partial charge is 0.270 e. The summed E-state index contributed by atoms with van der Waals surface area (Å²) in [7, 11) is 0. The van der Waals surface area contributed by atoms with E-state index in [2.05, 4.69) is 32.7 Å². The summed E-state index contributed by atoms with van der Waals surface area (Å²) in [5.74, 6) is 0.440. The molecule has 3 rings (SSSR count). The molecular formula is C21H22N4O. The molecule has 0 aliphatic carbocycles. The van der Waals surface area contributed by atoms with Crippen molar-refractivity contribution in [2.45, 2.75) is 19.9 Å². The lowest BCUT2D eigenvalue weighted by Gasteiger charge is -2.08. The van der Waals surface area contributed by atoms with Gasteiger partial charge < -0.3 is 10.6 Å². The van der Waals surface area contributed by atoms with Crippen LogP contribution in [0.2, 0.25) is 0 Å². The largest absolute Gasteiger partial charge is 0.370 e. The van der Waals surface area contributed by atoms with Crippen LogP contribution in [-0.4, -0.2) is 22.4 Å². The van der Waals surface area contributed by atoms with Crippen LogP contribution in [0.4, 0.5) is 5.82 Å². The fourth-order valence-corrected chi connectivity index (χ4v) is 2.54. The Morgan fingerprint density at radius 1 is 0.962 bits per heavy atom. The number of hydrogen-bond acceptors (Lipinski definition) is 4. The van der Waals surface area contributed by atoms with Gasteiger partial charge >= 0.3 is 0 Å². The third-order valence-corrected chi connectivity index (χ3v) is 4.04. The monoisotopic (exact) mass is 346 g/mol. The predicted octanol–water partition coefficient (Wildman–Crippen LogP) is 3.37. The first-order chi connectivity index (χ1) is 12.7. The van der Waals surface area contributed by atoms with Gasteiger partial charge in [-0.1, -0.05) is 60.2 Å². The Kier molecular flexibility index (Phi) is 5.93. The van der Waals surface area contributed by atoms with Crippen LogP contribution >= 0.6 is 0 Å². The molecule has 26 heavy (non-hydrogen) atoms. The first kappa shape index (κ1) is 17.6. The Morgan fingerprint density at radius 3 is 2.50 bits per heavy atom. The minimum atomic E-state index is -0.209. The van der Waals surface area contributed by atoms with Gasteiger partial charge in [0.25, 0.3) is 5.91 Å². The number of aryl methyl sites for hydroxylation is 1. The zero-order valence-corrected chi connectivity index (χ0v) is 14.8. The third kappa shape index (κ3) is 5.14. The number of anilines is 1. The molecule has 0 saturated heterocycles. The topological polar surface area (TPSA) is 66.9 Å². The van der Waals surface area contributed by atoms with Crippen molar-refractivity contribution in [2.75, 3.05) is 11.9 Å². The Hall–Kier alpha value is -3.21. The Bertz CT molecular complexity index is 847. The molecule has 0 bridgehead atoms. The van der Waals surface area contributed by atoms with Crippen LogP contribution in [0.1, 0.15) is 27.2 Å². The number of carbonyl (C=O) groups is 1. The maximum Gasteiger partial charge on any atom is 0.270 e. The predicted molar refractivity (Wildman–Crippen MR) is 103 cm³/mol. The van der Waals surface area contributed by atoms with Gasteiger partial charge in [0, 0.05) is 19.2 Å². The molecule has 1 heterocycles. The van der Waals surface area contributed by atoms with E-state index in [4.69, 9.17) is 0 Å². The van der Waals surface area contributed by atoms with Crippen LogP contribution in [0.25, 0.3) is 0 Å². The maximum atomic E-state index is 12.3. The summed E-state index contributed by atoms with van der Waals surface area (Å²) in [6.45, 7) is 3.25. The molecule has 0 radical (unpaired) electrons. The molecule has 5 nitrogen and oxygen atoms in total. The molecule has 0 spiro atoms. The number of amides is 1. The van der Waals surface area contributed by atoms with Crippen LogP contribution in [0.5, 0.6) is 0 Å². The normalized spacial score (nSPS) is 10.3. The van der Waals surface area contributed by atoms with E-state index >= 15 is 0 Å². The fraction of sp³-hybridized carbons (Fsp3) is 0.190. The van der Waals surface area contributed by atoms with E-state index < -0.39 is 0 Å². The summed E-state index contributed by atoms with van der Waals surface area (Å²) in [6, 6.07) is 20.0. The molecule has 1 amide bonds. The zero-order valence-electron chi connectivity index (χ0n) is 14.8. The van der Waals surface area contributed by atoms with Gasteiger partial charge in [-0.2, -0.15) is 0 Å². The summed E-state index contributed by atoms with van der Waals surface area (Å²) < 4.78 is 0. The molecule has 0 atom stereocenters. The zero-order chi connectivity index (χ0) is 18.2. The average Bonchev–Trinajstić information content (AvgIpc) is 2.68. The van der Waals surface area contributed by atoms with E-state index in [1.54, 1.807) is 6.07 Å². The van der Waals surface area contributed by atoms with Crippen molar-refractivity contribution >= 4 is 11.7 Å². The summed E-state index contributed by atoms with van der Waals surface area (Å²) in [5, 5.41) is 6.12. The van der Waals surface area contributed by atoms with Crippen molar-refractivity contribution in [1.29, 1.82) is 0 Å². The lowest BCUT2D eigenvalue weighted by Crippen LogP contribution is -2.24. The molecular weight excluding hydrogens is 324 g/mol. The van der Waals surface area contributed by atoms with Crippen molar-refractivity contribution in [3.63, 3.8) is 0 Å². The number of rotatable bonds is 7. The number of benzene rings is 2. The number of carbonyl (C=O) groups excluding carboxylic acids is 1. The minimum absolute atomic E-state index is 0.209. The first-order valence-corrected chi connectivity index (χ1v) is 8.64. The van der Waals surface area contributed by atoms with Crippen molar-refractivity contribution in [2.24, 2.45) is 0 Å². The van der Waals surface area contributed by atoms with E-state index in [-0.39, 0.29) is 5.91 Å². The second-order valence-electron chi connectivity index (χ2n) is 6.12. The summed E-state index contributed by atoms with van der Waals surface area (Å²) in [4.78, 5) is 20.6. The average molecular weight is 346 g/mol. The number of hydrogen-bond donors (Lipinski definition) is 2. The van der Waals surface area contributed by atoms with Crippen molar-refractivity contribution < 1.29 is 4.79 Å². The first-order valence-electron chi connectivity index (χ1n) is 8.64. The molecule has 2 aromatic carbocycles. The van der Waals surface area contributed by atoms with Gasteiger partial charge in [0.1, 0.15) is 17.8 Å². The van der Waals surface area contributed by atoms with Crippen LogP contribution < -0.4 is 10.6 Å². The molecule has 3 aromatic rings. The SMILES string of the molecule is Cc1ccc(CNC(=O)c2cc(NCCc3ccccc3)ncn2)cc1. The van der Waals surface area contributed by atoms with Gasteiger partial charge in [-0.15, -0.1) is 0 Å². The standard InChI is InChI=1S/C21H22N4O/c1-16-7-9-18(10-8-16)14-23-21(26)19-13-20(25-15-24-19)22-12-11-17-5-3-2-4-6-17/h2-10,13,15H,11-12,14H2,1H3,(H,23,26)(H,22,24,25). The molecule has 0 aliphatic rings. The van der Waals surface area contributed by atoms with Gasteiger partial charge in [-0.05, 0) is 24.5 Å². The molecule has 0 saturated carbocycles. The highest BCUT2D eigenvalue weighted by Crippen LogP contribution is 2.07. The van der Waals surface area contributed by atoms with E-state index in [1.165, 1.54) is 17.5 Å². The van der Waals surface area contributed by atoms with Crippen LogP contribution in [-0.2, 0) is 13.0 Å². The lowest BCUT2D eigenvalue weighted by molar-refractivity contribution is 0.0946. The van der Waals surface area contributed by atoms with Crippen molar-refractivity contribution in [3.05, 3.63) is 89.4 Å². The molecule has 0 fully saturated rings. The quantitative estimate of drug-likeness (QED) is 0.688. The second kappa shape index (κ2) is 8.76. The molecule has 1 aromatic heterocycles. The molecule has 5 heteroatoms. The van der Waals surface area contributed by atoms with Crippen LogP contribution in [0.15, 0.2) is 67.0 Å². The van der Waals surface area contributed by atoms with Crippen molar-refractivity contribution in [3.8, 4) is 0 Å². The Morgan fingerprint density at radius 2 is 1.73 bits per heavy atom. The second-order valence-corrected chi connectivity index (χ2v) is 6.12. The number of nitrogens with zero attached hydrogens (tertiary/aromatic N) is 2. The van der Waals surface area contributed by atoms with Gasteiger partial charge in [0.15, 0.2) is 0 Å².